The van der Waals surface area contributed by atoms with Crippen molar-refractivity contribution in [3.63, 3.8) is 0 Å². The molecule has 9 heteroatoms. The third-order valence-corrected chi connectivity index (χ3v) is 6.72. The number of nitrogens with one attached hydrogen (secondary N) is 3. The van der Waals surface area contributed by atoms with E-state index in [-0.39, 0.29) is 22.8 Å². The number of hydrogen-bond donors (Lipinski definition) is 3. The fourth-order valence-electron chi connectivity index (χ4n) is 3.36. The van der Waals surface area contributed by atoms with Crippen molar-refractivity contribution in [2.75, 3.05) is 10.6 Å². The highest BCUT2D eigenvalue weighted by atomic mass is 32.2. The van der Waals surface area contributed by atoms with Gasteiger partial charge in [0.15, 0.2) is 5.76 Å². The quantitative estimate of drug-likeness (QED) is 0.335. The van der Waals surface area contributed by atoms with Crippen molar-refractivity contribution in [2.45, 2.75) is 18.4 Å². The Morgan fingerprint density at radius 1 is 0.800 bits per heavy atom. The van der Waals surface area contributed by atoms with Crippen molar-refractivity contribution in [1.82, 2.24) is 4.72 Å². The van der Waals surface area contributed by atoms with Crippen LogP contribution >= 0.6 is 0 Å². The molecule has 0 bridgehead atoms. The fourth-order valence-corrected chi connectivity index (χ4v) is 4.65. The first kappa shape index (κ1) is 23.9. The first-order valence-corrected chi connectivity index (χ1v) is 12.2. The summed E-state index contributed by atoms with van der Waals surface area (Å²) in [5.41, 5.74) is 2.41. The summed E-state index contributed by atoms with van der Waals surface area (Å²) in [6.07, 6.45) is 1.40. The van der Waals surface area contributed by atoms with Crippen LogP contribution in [0.15, 0.2) is 101 Å². The van der Waals surface area contributed by atoms with E-state index in [1.54, 1.807) is 55.5 Å². The van der Waals surface area contributed by atoms with Crippen LogP contribution in [-0.2, 0) is 16.6 Å². The minimum absolute atomic E-state index is 0.0283. The zero-order chi connectivity index (χ0) is 24.8. The van der Waals surface area contributed by atoms with Crippen LogP contribution in [0.5, 0.6) is 0 Å². The Bertz CT molecular complexity index is 1450. The van der Waals surface area contributed by atoms with E-state index in [2.05, 4.69) is 15.4 Å². The Morgan fingerprint density at radius 2 is 1.51 bits per heavy atom. The molecule has 1 aromatic heterocycles. The first-order valence-electron chi connectivity index (χ1n) is 10.7. The van der Waals surface area contributed by atoms with Crippen molar-refractivity contribution in [3.8, 4) is 0 Å². The molecule has 0 radical (unpaired) electrons. The molecule has 0 fully saturated rings. The summed E-state index contributed by atoms with van der Waals surface area (Å²) in [7, 11) is -3.85. The van der Waals surface area contributed by atoms with Gasteiger partial charge in [-0.2, -0.15) is 0 Å². The molecule has 3 aromatic carbocycles. The lowest BCUT2D eigenvalue weighted by molar-refractivity contribution is 0.0995. The van der Waals surface area contributed by atoms with E-state index in [0.717, 1.165) is 5.56 Å². The molecule has 0 saturated carbocycles. The maximum Gasteiger partial charge on any atom is 0.291 e. The molecule has 0 atom stereocenters. The van der Waals surface area contributed by atoms with Crippen molar-refractivity contribution < 1.29 is 22.4 Å². The van der Waals surface area contributed by atoms with E-state index >= 15 is 0 Å². The molecule has 0 spiro atoms. The summed E-state index contributed by atoms with van der Waals surface area (Å²) in [5, 5.41) is 5.42. The normalized spacial score (nSPS) is 11.1. The molecule has 0 unspecified atom stereocenters. The first-order chi connectivity index (χ1) is 16.8. The molecule has 3 N–H and O–H groups in total. The predicted octanol–water partition coefficient (Wildman–Crippen LogP) is 4.57. The van der Waals surface area contributed by atoms with Gasteiger partial charge in [-0.25, -0.2) is 13.1 Å². The summed E-state index contributed by atoms with van der Waals surface area (Å²) >= 11 is 0. The van der Waals surface area contributed by atoms with E-state index < -0.39 is 21.8 Å². The summed E-state index contributed by atoms with van der Waals surface area (Å²) in [6, 6.07) is 23.4. The van der Waals surface area contributed by atoms with Gasteiger partial charge in [-0.15, -0.1) is 0 Å². The van der Waals surface area contributed by atoms with Gasteiger partial charge in [0.1, 0.15) is 0 Å². The lowest BCUT2D eigenvalue weighted by atomic mass is 10.1. The van der Waals surface area contributed by atoms with Gasteiger partial charge in [0.05, 0.1) is 11.2 Å². The number of aryl methyl sites for hydroxylation is 1. The summed E-state index contributed by atoms with van der Waals surface area (Å²) in [4.78, 5) is 25.1. The second-order valence-electron chi connectivity index (χ2n) is 7.76. The fraction of sp³-hybridized carbons (Fsp3) is 0.0769. The van der Waals surface area contributed by atoms with Crippen molar-refractivity contribution in [2.24, 2.45) is 0 Å². The second-order valence-corrected chi connectivity index (χ2v) is 9.49. The van der Waals surface area contributed by atoms with E-state index in [0.29, 0.717) is 16.9 Å². The van der Waals surface area contributed by atoms with Crippen molar-refractivity contribution in [3.05, 3.63) is 114 Å². The lowest BCUT2D eigenvalue weighted by Crippen LogP contribution is -2.24. The number of amides is 2. The smallest absolute Gasteiger partial charge is 0.291 e. The third kappa shape index (κ3) is 6.03. The Hall–Kier alpha value is -4.21. The van der Waals surface area contributed by atoms with E-state index in [9.17, 15) is 18.0 Å². The highest BCUT2D eigenvalue weighted by molar-refractivity contribution is 7.89. The average molecular weight is 490 g/mol. The maximum atomic E-state index is 12.9. The van der Waals surface area contributed by atoms with Gasteiger partial charge >= 0.3 is 0 Å². The van der Waals surface area contributed by atoms with Gasteiger partial charge in [0.25, 0.3) is 11.8 Å². The zero-order valence-corrected chi connectivity index (χ0v) is 19.6. The Balaban J connectivity index is 1.47. The van der Waals surface area contributed by atoms with Crippen molar-refractivity contribution in [1.29, 1.82) is 0 Å². The maximum absolute atomic E-state index is 12.9. The minimum atomic E-state index is -3.85. The van der Waals surface area contributed by atoms with Crippen LogP contribution in [0, 0.1) is 6.92 Å². The van der Waals surface area contributed by atoms with Crippen LogP contribution < -0.4 is 15.4 Å². The van der Waals surface area contributed by atoms with Gasteiger partial charge < -0.3 is 15.1 Å². The van der Waals surface area contributed by atoms with E-state index in [1.165, 1.54) is 12.3 Å². The molecule has 0 saturated heterocycles. The highest BCUT2D eigenvalue weighted by Gasteiger charge is 2.19. The topological polar surface area (TPSA) is 118 Å². The predicted molar refractivity (Wildman–Crippen MR) is 133 cm³/mol. The molecular formula is C26H23N3O5S. The number of carbonyl (C=O) groups is 2. The van der Waals surface area contributed by atoms with Crippen LogP contribution in [0.2, 0.25) is 0 Å². The number of carbonyl (C=O) groups excluding carboxylic acids is 2. The molecule has 0 aliphatic rings. The number of anilines is 2. The number of sulfonamides is 1. The van der Waals surface area contributed by atoms with Gasteiger partial charge in [0, 0.05) is 23.5 Å². The monoisotopic (exact) mass is 489 g/mol. The average Bonchev–Trinajstić information content (AvgIpc) is 3.39. The number of furan rings is 1. The molecule has 178 valence electrons. The molecule has 2 amide bonds. The van der Waals surface area contributed by atoms with Crippen LogP contribution in [0.1, 0.15) is 32.0 Å². The molecule has 0 aliphatic carbocycles. The van der Waals surface area contributed by atoms with Crippen LogP contribution in [0.25, 0.3) is 0 Å². The van der Waals surface area contributed by atoms with E-state index in [4.69, 9.17) is 4.42 Å². The standard InChI is InChI=1S/C26H23N3O5S/c1-18-12-13-20(15-24(18)35(32,33)27-17-19-7-3-2-4-8-19)25(30)28-21-9-5-10-22(16-21)29-26(31)23-11-6-14-34-23/h2-16,27H,17H2,1H3,(H,28,30)(H,29,31). The van der Waals surface area contributed by atoms with Crippen LogP contribution in [-0.4, -0.2) is 20.2 Å². The van der Waals surface area contributed by atoms with Crippen LogP contribution in [0.3, 0.4) is 0 Å². The molecular weight excluding hydrogens is 466 g/mol. The van der Waals surface area contributed by atoms with Gasteiger partial charge in [-0.3, -0.25) is 9.59 Å². The summed E-state index contributed by atoms with van der Waals surface area (Å²) < 4.78 is 33.5. The Labute approximate surface area is 203 Å². The summed E-state index contributed by atoms with van der Waals surface area (Å²) in [5.74, 6) is -0.748. The molecule has 8 nitrogen and oxygen atoms in total. The Kier molecular flexibility index (Phi) is 7.09. The largest absolute Gasteiger partial charge is 0.459 e. The number of benzene rings is 3. The molecule has 1 heterocycles. The second kappa shape index (κ2) is 10.4. The van der Waals surface area contributed by atoms with Crippen molar-refractivity contribution >= 4 is 33.2 Å². The summed E-state index contributed by atoms with van der Waals surface area (Å²) in [6.45, 7) is 1.81. The SMILES string of the molecule is Cc1ccc(C(=O)Nc2cccc(NC(=O)c3ccco3)c2)cc1S(=O)(=O)NCc1ccccc1. The number of rotatable bonds is 8. The number of hydrogen-bond acceptors (Lipinski definition) is 5. The third-order valence-electron chi connectivity index (χ3n) is 5.17. The van der Waals surface area contributed by atoms with Gasteiger partial charge in [-0.1, -0.05) is 42.5 Å². The lowest BCUT2D eigenvalue weighted by Gasteiger charge is -2.12. The highest BCUT2D eigenvalue weighted by Crippen LogP contribution is 2.20. The van der Waals surface area contributed by atoms with E-state index in [1.807, 2.05) is 30.3 Å². The molecule has 35 heavy (non-hydrogen) atoms. The van der Waals surface area contributed by atoms with Gasteiger partial charge in [0.2, 0.25) is 10.0 Å². The van der Waals surface area contributed by atoms with Gasteiger partial charge in [-0.05, 0) is 60.5 Å². The molecule has 4 rings (SSSR count). The Morgan fingerprint density at radius 3 is 2.20 bits per heavy atom. The minimum Gasteiger partial charge on any atom is -0.459 e. The molecule has 4 aromatic rings. The van der Waals surface area contributed by atoms with Crippen LogP contribution in [0.4, 0.5) is 11.4 Å². The molecule has 0 aliphatic heterocycles. The zero-order valence-electron chi connectivity index (χ0n) is 18.8.